The first-order chi connectivity index (χ1) is 15.9. The summed E-state index contributed by atoms with van der Waals surface area (Å²) in [4.78, 5) is 39.1. The van der Waals surface area contributed by atoms with Crippen LogP contribution in [0.25, 0.3) is 11.3 Å². The highest BCUT2D eigenvalue weighted by atomic mass is 35.5. The minimum Gasteiger partial charge on any atom is -0.341 e. The number of amides is 3. The molecule has 0 radical (unpaired) electrons. The third kappa shape index (κ3) is 5.31. The number of hydrogen-bond acceptors (Lipinski definition) is 4. The van der Waals surface area contributed by atoms with E-state index in [0.717, 1.165) is 22.4 Å². The SMILES string of the molecule is CN(Cc1cn(Cc2ccccc2Cl)nc1-c1ccccc1)C(=O)CCN1C(=O)CCC1=O. The zero-order valence-electron chi connectivity index (χ0n) is 18.4. The van der Waals surface area contributed by atoms with E-state index in [4.69, 9.17) is 16.7 Å². The molecule has 4 rings (SSSR count). The Kier molecular flexibility index (Phi) is 6.89. The lowest BCUT2D eigenvalue weighted by atomic mass is 10.1. The van der Waals surface area contributed by atoms with E-state index in [2.05, 4.69) is 0 Å². The van der Waals surface area contributed by atoms with Gasteiger partial charge in [0, 0.05) is 61.7 Å². The predicted molar refractivity (Wildman–Crippen MR) is 125 cm³/mol. The minimum atomic E-state index is -0.206. The van der Waals surface area contributed by atoms with Gasteiger partial charge in [-0.2, -0.15) is 5.10 Å². The number of aromatic nitrogens is 2. The molecule has 0 unspecified atom stereocenters. The summed E-state index contributed by atoms with van der Waals surface area (Å²) in [5.41, 5.74) is 3.61. The van der Waals surface area contributed by atoms with Crippen molar-refractivity contribution in [3.8, 4) is 11.3 Å². The van der Waals surface area contributed by atoms with Crippen molar-refractivity contribution >= 4 is 29.3 Å². The van der Waals surface area contributed by atoms with Gasteiger partial charge in [0.15, 0.2) is 0 Å². The van der Waals surface area contributed by atoms with Crippen LogP contribution >= 0.6 is 11.6 Å². The lowest BCUT2D eigenvalue weighted by Gasteiger charge is -2.19. The lowest BCUT2D eigenvalue weighted by Crippen LogP contribution is -2.34. The van der Waals surface area contributed by atoms with Crippen LogP contribution in [0.3, 0.4) is 0 Å². The molecule has 170 valence electrons. The zero-order chi connectivity index (χ0) is 23.4. The van der Waals surface area contributed by atoms with Crippen molar-refractivity contribution in [2.24, 2.45) is 0 Å². The highest BCUT2D eigenvalue weighted by Crippen LogP contribution is 2.25. The van der Waals surface area contributed by atoms with E-state index in [0.29, 0.717) is 18.1 Å². The van der Waals surface area contributed by atoms with Gasteiger partial charge in [0.1, 0.15) is 0 Å². The van der Waals surface area contributed by atoms with Gasteiger partial charge >= 0.3 is 0 Å². The monoisotopic (exact) mass is 464 g/mol. The highest BCUT2D eigenvalue weighted by Gasteiger charge is 2.29. The van der Waals surface area contributed by atoms with E-state index < -0.39 is 0 Å². The van der Waals surface area contributed by atoms with Crippen LogP contribution in [-0.2, 0) is 27.5 Å². The summed E-state index contributed by atoms with van der Waals surface area (Å²) < 4.78 is 1.83. The quantitative estimate of drug-likeness (QED) is 0.476. The molecule has 0 saturated carbocycles. The summed E-state index contributed by atoms with van der Waals surface area (Å²) in [6, 6.07) is 17.4. The van der Waals surface area contributed by atoms with Crippen LogP contribution in [0.1, 0.15) is 30.4 Å². The fourth-order valence-corrected chi connectivity index (χ4v) is 4.11. The van der Waals surface area contributed by atoms with Crippen molar-refractivity contribution in [3.05, 3.63) is 76.9 Å². The molecular weight excluding hydrogens is 440 g/mol. The standard InChI is InChI=1S/C25H25ClN4O3/c1-28(22(31)13-14-30-23(32)11-12-24(30)33)15-20-17-29(16-19-9-5-6-10-21(19)26)27-25(20)18-7-3-2-4-8-18/h2-10,17H,11-16H2,1H3. The fraction of sp³-hybridized carbons (Fsp3) is 0.280. The molecule has 3 aromatic rings. The summed E-state index contributed by atoms with van der Waals surface area (Å²) in [5.74, 6) is -0.550. The van der Waals surface area contributed by atoms with E-state index in [9.17, 15) is 14.4 Å². The van der Waals surface area contributed by atoms with Crippen LogP contribution in [0.2, 0.25) is 5.02 Å². The molecule has 1 fully saturated rings. The highest BCUT2D eigenvalue weighted by molar-refractivity contribution is 6.31. The molecule has 33 heavy (non-hydrogen) atoms. The maximum Gasteiger partial charge on any atom is 0.229 e. The third-order valence-corrected chi connectivity index (χ3v) is 6.08. The van der Waals surface area contributed by atoms with E-state index in [1.165, 1.54) is 4.90 Å². The van der Waals surface area contributed by atoms with Gasteiger partial charge < -0.3 is 4.90 Å². The molecule has 2 heterocycles. The molecular formula is C25H25ClN4O3. The maximum absolute atomic E-state index is 12.7. The fourth-order valence-electron chi connectivity index (χ4n) is 3.91. The van der Waals surface area contributed by atoms with Gasteiger partial charge in [-0.1, -0.05) is 60.1 Å². The number of imide groups is 1. The Labute approximate surface area is 197 Å². The van der Waals surface area contributed by atoms with Crippen LogP contribution in [-0.4, -0.2) is 50.9 Å². The van der Waals surface area contributed by atoms with Crippen molar-refractivity contribution in [2.45, 2.75) is 32.4 Å². The van der Waals surface area contributed by atoms with E-state index in [1.807, 2.05) is 65.5 Å². The molecule has 0 spiro atoms. The number of nitrogens with zero attached hydrogens (tertiary/aromatic N) is 4. The van der Waals surface area contributed by atoms with Crippen LogP contribution < -0.4 is 0 Å². The van der Waals surface area contributed by atoms with Crippen LogP contribution in [0.5, 0.6) is 0 Å². The molecule has 1 aromatic heterocycles. The summed E-state index contributed by atoms with van der Waals surface area (Å²) in [7, 11) is 1.72. The first kappa shape index (κ1) is 22.7. The number of carbonyl (C=O) groups is 3. The minimum absolute atomic E-state index is 0.0996. The zero-order valence-corrected chi connectivity index (χ0v) is 19.2. The van der Waals surface area contributed by atoms with E-state index in [1.54, 1.807) is 11.9 Å². The first-order valence-electron chi connectivity index (χ1n) is 10.8. The van der Waals surface area contributed by atoms with Gasteiger partial charge in [-0.25, -0.2) is 0 Å². The largest absolute Gasteiger partial charge is 0.341 e. The van der Waals surface area contributed by atoms with Crippen molar-refractivity contribution in [3.63, 3.8) is 0 Å². The number of likely N-dealkylation sites (tertiary alicyclic amines) is 1. The molecule has 0 aliphatic carbocycles. The predicted octanol–water partition coefficient (Wildman–Crippen LogP) is 3.75. The Hall–Kier alpha value is -3.45. The van der Waals surface area contributed by atoms with E-state index in [-0.39, 0.29) is 43.5 Å². The number of carbonyl (C=O) groups excluding carboxylic acids is 3. The second-order valence-electron chi connectivity index (χ2n) is 8.10. The molecule has 8 heteroatoms. The van der Waals surface area contributed by atoms with Crippen molar-refractivity contribution < 1.29 is 14.4 Å². The average Bonchev–Trinajstić information content (AvgIpc) is 3.36. The van der Waals surface area contributed by atoms with Gasteiger partial charge in [-0.15, -0.1) is 0 Å². The van der Waals surface area contributed by atoms with Crippen molar-refractivity contribution in [1.29, 1.82) is 0 Å². The van der Waals surface area contributed by atoms with Gasteiger partial charge in [-0.05, 0) is 11.6 Å². The van der Waals surface area contributed by atoms with Crippen molar-refractivity contribution in [1.82, 2.24) is 19.6 Å². The number of halogens is 1. The molecule has 1 aliphatic rings. The summed E-state index contributed by atoms with van der Waals surface area (Å²) in [6.07, 6.45) is 2.49. The summed E-state index contributed by atoms with van der Waals surface area (Å²) >= 11 is 6.33. The number of hydrogen-bond donors (Lipinski definition) is 0. The van der Waals surface area contributed by atoms with Crippen LogP contribution in [0.15, 0.2) is 60.8 Å². The van der Waals surface area contributed by atoms with Gasteiger partial charge in [-0.3, -0.25) is 24.0 Å². The first-order valence-corrected chi connectivity index (χ1v) is 11.2. The molecule has 7 nitrogen and oxygen atoms in total. The molecule has 2 aromatic carbocycles. The molecule has 0 bridgehead atoms. The number of rotatable bonds is 8. The normalized spacial score (nSPS) is 13.6. The summed E-state index contributed by atoms with van der Waals surface area (Å²) in [6.45, 7) is 0.988. The maximum atomic E-state index is 12.7. The molecule has 0 N–H and O–H groups in total. The van der Waals surface area contributed by atoms with Crippen LogP contribution in [0, 0.1) is 0 Å². The summed E-state index contributed by atoms with van der Waals surface area (Å²) in [5, 5.41) is 5.46. The van der Waals surface area contributed by atoms with Crippen LogP contribution in [0.4, 0.5) is 0 Å². The Morgan fingerprint density at radius 2 is 1.67 bits per heavy atom. The Balaban J connectivity index is 1.51. The topological polar surface area (TPSA) is 75.5 Å². The number of benzene rings is 2. The lowest BCUT2D eigenvalue weighted by molar-refractivity contribution is -0.139. The van der Waals surface area contributed by atoms with Gasteiger partial charge in [0.25, 0.3) is 0 Å². The van der Waals surface area contributed by atoms with Gasteiger partial charge in [0.2, 0.25) is 17.7 Å². The Bertz CT molecular complexity index is 1160. The second-order valence-corrected chi connectivity index (χ2v) is 8.50. The smallest absolute Gasteiger partial charge is 0.229 e. The molecule has 1 saturated heterocycles. The third-order valence-electron chi connectivity index (χ3n) is 5.71. The second kappa shape index (κ2) is 10.0. The Morgan fingerprint density at radius 3 is 2.36 bits per heavy atom. The average molecular weight is 465 g/mol. The Morgan fingerprint density at radius 1 is 1.00 bits per heavy atom. The van der Waals surface area contributed by atoms with E-state index >= 15 is 0 Å². The molecule has 1 aliphatic heterocycles. The molecule has 3 amide bonds. The molecule has 0 atom stereocenters. The van der Waals surface area contributed by atoms with Gasteiger partial charge in [0.05, 0.1) is 12.2 Å². The van der Waals surface area contributed by atoms with Crippen molar-refractivity contribution in [2.75, 3.05) is 13.6 Å².